The molecule has 3 rings (SSSR count). The second kappa shape index (κ2) is 6.54. The first-order chi connectivity index (χ1) is 11.6. The van der Waals surface area contributed by atoms with Crippen molar-refractivity contribution in [1.82, 2.24) is 15.4 Å². The van der Waals surface area contributed by atoms with Gasteiger partial charge in [-0.1, -0.05) is 0 Å². The lowest BCUT2D eigenvalue weighted by Crippen LogP contribution is -2.13. The van der Waals surface area contributed by atoms with Crippen molar-refractivity contribution in [3.8, 4) is 11.3 Å². The maximum atomic E-state index is 11.5. The Morgan fingerprint density at radius 2 is 2.21 bits per heavy atom. The molecule has 0 aliphatic carbocycles. The first kappa shape index (κ1) is 15.7. The molecule has 1 aromatic carbocycles. The summed E-state index contributed by atoms with van der Waals surface area (Å²) in [6, 6.07) is 7.92. The second-order valence-corrected chi connectivity index (χ2v) is 5.71. The lowest BCUT2D eigenvalue weighted by atomic mass is 10.1. The summed E-state index contributed by atoms with van der Waals surface area (Å²) < 4.78 is 5.27. The highest BCUT2D eigenvalue weighted by atomic mass is 32.2. The normalized spacial score (nSPS) is 10.7. The molecule has 0 aliphatic rings. The van der Waals surface area contributed by atoms with E-state index in [1.165, 1.54) is 23.9 Å². The Balaban J connectivity index is 2.03. The minimum Gasteiger partial charge on any atom is -0.468 e. The number of H-pyrrole nitrogens is 1. The van der Waals surface area contributed by atoms with Crippen molar-refractivity contribution in [1.29, 1.82) is 0 Å². The average Bonchev–Trinajstić information content (AvgIpc) is 3.24. The fourth-order valence-electron chi connectivity index (χ4n) is 2.08. The fourth-order valence-corrected chi connectivity index (χ4v) is 3.01. The van der Waals surface area contributed by atoms with E-state index in [1.54, 1.807) is 18.4 Å². The van der Waals surface area contributed by atoms with Gasteiger partial charge in [0.2, 0.25) is 0 Å². The SMILES string of the molecule is NC(=O)c1n[nH]nc1-c1cc([N+](=O)[O-])ccc1SCc1ccco1. The number of nitro groups is 1. The summed E-state index contributed by atoms with van der Waals surface area (Å²) in [7, 11) is 0. The molecule has 0 radical (unpaired) electrons. The smallest absolute Gasteiger partial charge is 0.271 e. The first-order valence-electron chi connectivity index (χ1n) is 6.71. The summed E-state index contributed by atoms with van der Waals surface area (Å²) in [5.74, 6) is 0.494. The molecule has 0 unspecified atom stereocenters. The topological polar surface area (TPSA) is 141 Å². The van der Waals surface area contributed by atoms with E-state index in [1.807, 2.05) is 6.07 Å². The maximum Gasteiger partial charge on any atom is 0.271 e. The predicted molar refractivity (Wildman–Crippen MR) is 85.3 cm³/mol. The van der Waals surface area contributed by atoms with Crippen LogP contribution in [0.2, 0.25) is 0 Å². The van der Waals surface area contributed by atoms with Crippen LogP contribution < -0.4 is 5.73 Å². The zero-order valence-corrected chi connectivity index (χ0v) is 12.9. The van der Waals surface area contributed by atoms with Gasteiger partial charge in [0.15, 0.2) is 5.69 Å². The van der Waals surface area contributed by atoms with Crippen LogP contribution in [-0.4, -0.2) is 26.2 Å². The molecule has 3 aromatic rings. The minimum absolute atomic E-state index is 0.0738. The number of aromatic amines is 1. The van der Waals surface area contributed by atoms with Crippen LogP contribution in [0.5, 0.6) is 0 Å². The van der Waals surface area contributed by atoms with Gasteiger partial charge in [-0.3, -0.25) is 14.9 Å². The summed E-state index contributed by atoms with van der Waals surface area (Å²) in [6.45, 7) is 0. The van der Waals surface area contributed by atoms with E-state index in [0.29, 0.717) is 16.2 Å². The Hall–Kier alpha value is -3.14. The number of amides is 1. The van der Waals surface area contributed by atoms with Gasteiger partial charge in [0, 0.05) is 22.6 Å². The molecule has 0 spiro atoms. The summed E-state index contributed by atoms with van der Waals surface area (Å²) in [5, 5.41) is 21.0. The highest BCUT2D eigenvalue weighted by Crippen LogP contribution is 2.36. The zero-order chi connectivity index (χ0) is 17.1. The number of thioether (sulfide) groups is 1. The fraction of sp³-hybridized carbons (Fsp3) is 0.0714. The number of primary amides is 1. The molecule has 0 fully saturated rings. The molecular weight excluding hydrogens is 334 g/mol. The number of furan rings is 1. The van der Waals surface area contributed by atoms with E-state index in [-0.39, 0.29) is 17.1 Å². The summed E-state index contributed by atoms with van der Waals surface area (Å²) in [5.41, 5.74) is 5.66. The van der Waals surface area contributed by atoms with Gasteiger partial charge in [-0.25, -0.2) is 0 Å². The molecule has 2 heterocycles. The third-order valence-electron chi connectivity index (χ3n) is 3.16. The first-order valence-corrected chi connectivity index (χ1v) is 7.69. The van der Waals surface area contributed by atoms with Crippen molar-refractivity contribution in [3.63, 3.8) is 0 Å². The summed E-state index contributed by atoms with van der Waals surface area (Å²) in [4.78, 5) is 22.7. The van der Waals surface area contributed by atoms with E-state index in [2.05, 4.69) is 15.4 Å². The highest BCUT2D eigenvalue weighted by molar-refractivity contribution is 7.98. The average molecular weight is 345 g/mol. The summed E-state index contributed by atoms with van der Waals surface area (Å²) in [6.07, 6.45) is 1.56. The summed E-state index contributed by atoms with van der Waals surface area (Å²) >= 11 is 1.39. The highest BCUT2D eigenvalue weighted by Gasteiger charge is 2.21. The Kier molecular flexibility index (Phi) is 4.29. The molecule has 9 nitrogen and oxygen atoms in total. The third kappa shape index (κ3) is 3.13. The van der Waals surface area contributed by atoms with Gasteiger partial charge in [-0.15, -0.1) is 11.8 Å². The standard InChI is InChI=1S/C14H11N5O4S/c15-14(20)13-12(16-18-17-13)10-6-8(19(21)22)3-4-11(10)24-7-9-2-1-5-23-9/h1-6H,7H2,(H2,15,20)(H,16,17,18). The van der Waals surface area contributed by atoms with Crippen LogP contribution in [0.15, 0.2) is 45.9 Å². The Bertz CT molecular complexity index is 890. The zero-order valence-electron chi connectivity index (χ0n) is 12.1. The Morgan fingerprint density at radius 1 is 1.38 bits per heavy atom. The number of benzene rings is 1. The van der Waals surface area contributed by atoms with Gasteiger partial charge in [0.25, 0.3) is 11.6 Å². The third-order valence-corrected chi connectivity index (χ3v) is 4.26. The molecule has 0 aliphatic heterocycles. The van der Waals surface area contributed by atoms with Crippen LogP contribution in [0.3, 0.4) is 0 Å². The van der Waals surface area contributed by atoms with E-state index >= 15 is 0 Å². The van der Waals surface area contributed by atoms with Crippen LogP contribution >= 0.6 is 11.8 Å². The molecule has 122 valence electrons. The largest absolute Gasteiger partial charge is 0.468 e. The Labute approximate surface area is 139 Å². The molecule has 3 N–H and O–H groups in total. The van der Waals surface area contributed by atoms with Crippen molar-refractivity contribution in [2.24, 2.45) is 5.73 Å². The number of rotatable bonds is 6. The van der Waals surface area contributed by atoms with E-state index in [9.17, 15) is 14.9 Å². The molecular formula is C14H11N5O4S. The lowest BCUT2D eigenvalue weighted by molar-refractivity contribution is -0.384. The van der Waals surface area contributed by atoms with E-state index in [0.717, 1.165) is 5.76 Å². The molecule has 0 saturated heterocycles. The van der Waals surface area contributed by atoms with Crippen molar-refractivity contribution >= 4 is 23.4 Å². The number of non-ortho nitro benzene ring substituents is 1. The van der Waals surface area contributed by atoms with Crippen molar-refractivity contribution < 1.29 is 14.1 Å². The quantitative estimate of drug-likeness (QED) is 0.397. The van der Waals surface area contributed by atoms with Gasteiger partial charge in [-0.2, -0.15) is 15.4 Å². The second-order valence-electron chi connectivity index (χ2n) is 4.69. The monoisotopic (exact) mass is 345 g/mol. The number of hydrogen-bond donors (Lipinski definition) is 2. The Morgan fingerprint density at radius 3 is 2.88 bits per heavy atom. The van der Waals surface area contributed by atoms with Gasteiger partial charge in [0.1, 0.15) is 11.5 Å². The molecule has 0 atom stereocenters. The van der Waals surface area contributed by atoms with Crippen molar-refractivity contribution in [2.45, 2.75) is 10.6 Å². The van der Waals surface area contributed by atoms with Crippen molar-refractivity contribution in [3.05, 3.63) is 58.2 Å². The van der Waals surface area contributed by atoms with Crippen molar-refractivity contribution in [2.75, 3.05) is 0 Å². The number of hydrogen-bond acceptors (Lipinski definition) is 7. The van der Waals surface area contributed by atoms with Gasteiger partial charge >= 0.3 is 0 Å². The van der Waals surface area contributed by atoms with Crippen LogP contribution in [0, 0.1) is 10.1 Å². The van der Waals surface area contributed by atoms with Gasteiger partial charge < -0.3 is 10.2 Å². The van der Waals surface area contributed by atoms with E-state index in [4.69, 9.17) is 10.2 Å². The molecule has 1 amide bonds. The number of aromatic nitrogens is 3. The number of carbonyl (C=O) groups is 1. The lowest BCUT2D eigenvalue weighted by Gasteiger charge is -2.07. The molecule has 10 heteroatoms. The molecule has 2 aromatic heterocycles. The number of nitrogens with two attached hydrogens (primary N) is 1. The minimum atomic E-state index is -0.771. The number of nitro benzene ring substituents is 1. The number of nitrogens with one attached hydrogen (secondary N) is 1. The van der Waals surface area contributed by atoms with Crippen LogP contribution in [0.4, 0.5) is 5.69 Å². The van der Waals surface area contributed by atoms with Crippen LogP contribution in [0.25, 0.3) is 11.3 Å². The molecule has 0 bridgehead atoms. The van der Waals surface area contributed by atoms with Gasteiger partial charge in [0.05, 0.1) is 16.9 Å². The number of carbonyl (C=O) groups excluding carboxylic acids is 1. The molecule has 0 saturated carbocycles. The number of nitrogens with zero attached hydrogens (tertiary/aromatic N) is 3. The molecule has 24 heavy (non-hydrogen) atoms. The van der Waals surface area contributed by atoms with Gasteiger partial charge in [-0.05, 0) is 18.2 Å². The van der Waals surface area contributed by atoms with E-state index < -0.39 is 10.8 Å². The van der Waals surface area contributed by atoms with Crippen LogP contribution in [-0.2, 0) is 5.75 Å². The predicted octanol–water partition coefficient (Wildman–Crippen LogP) is 2.36. The van der Waals surface area contributed by atoms with Crippen LogP contribution in [0.1, 0.15) is 16.2 Å². The maximum absolute atomic E-state index is 11.5.